The fraction of sp³-hybridized carbons (Fsp3) is 0.174. The monoisotopic (exact) mass is 452 g/mol. The van der Waals surface area contributed by atoms with Crippen LogP contribution in [-0.2, 0) is 9.53 Å². The second kappa shape index (κ2) is 8.56. The minimum atomic E-state index is -0.753. The van der Waals surface area contributed by atoms with Crippen LogP contribution in [0.15, 0.2) is 58.2 Å². The van der Waals surface area contributed by atoms with Crippen LogP contribution in [-0.4, -0.2) is 30.4 Å². The summed E-state index contributed by atoms with van der Waals surface area (Å²) in [4.78, 5) is 44.3. The number of nitrogens with one attached hydrogen (secondary N) is 1. The molecule has 158 valence electrons. The van der Waals surface area contributed by atoms with Gasteiger partial charge in [-0.3, -0.25) is 9.59 Å². The number of carbonyl (C=O) groups excluding carboxylic acids is 2. The molecule has 0 atom stereocenters. The predicted molar refractivity (Wildman–Crippen MR) is 124 cm³/mol. The van der Waals surface area contributed by atoms with Gasteiger partial charge >= 0.3 is 5.97 Å². The van der Waals surface area contributed by atoms with Gasteiger partial charge in [-0.1, -0.05) is 48.2 Å². The third kappa shape index (κ3) is 3.96. The number of esters is 1. The Labute approximate surface area is 186 Å². The Hall–Kier alpha value is -3.10. The molecule has 0 spiro atoms. The van der Waals surface area contributed by atoms with Crippen LogP contribution in [0.2, 0.25) is 0 Å². The number of H-pyrrole nitrogens is 1. The van der Waals surface area contributed by atoms with Crippen LogP contribution in [0.1, 0.15) is 22.8 Å². The molecule has 0 bridgehead atoms. The highest BCUT2D eigenvalue weighted by atomic mass is 32.2. The van der Waals surface area contributed by atoms with Gasteiger partial charge in [0.2, 0.25) is 5.78 Å². The van der Waals surface area contributed by atoms with Gasteiger partial charge in [0.25, 0.3) is 5.56 Å². The quantitative estimate of drug-likeness (QED) is 0.373. The van der Waals surface area contributed by atoms with Crippen molar-refractivity contribution in [2.45, 2.75) is 18.7 Å². The lowest BCUT2D eigenvalue weighted by Crippen LogP contribution is -2.27. The highest BCUT2D eigenvalue weighted by Crippen LogP contribution is 2.45. The van der Waals surface area contributed by atoms with Gasteiger partial charge in [0.15, 0.2) is 0 Å². The van der Waals surface area contributed by atoms with Crippen molar-refractivity contribution in [1.29, 1.82) is 0 Å². The molecule has 2 aromatic carbocycles. The maximum Gasteiger partial charge on any atom is 0.345 e. The fourth-order valence-corrected chi connectivity index (χ4v) is 5.58. The van der Waals surface area contributed by atoms with E-state index in [9.17, 15) is 14.4 Å². The highest BCUT2D eigenvalue weighted by Gasteiger charge is 2.26. The van der Waals surface area contributed by atoms with Crippen LogP contribution >= 0.6 is 23.1 Å². The van der Waals surface area contributed by atoms with E-state index in [1.165, 1.54) is 11.8 Å². The maximum absolute atomic E-state index is 13.1. The number of carbonyl (C=O) groups is 2. The van der Waals surface area contributed by atoms with Crippen LogP contribution in [0.25, 0.3) is 10.6 Å². The predicted octanol–water partition coefficient (Wildman–Crippen LogP) is 2.65. The third-order valence-corrected chi connectivity index (χ3v) is 7.25. The van der Waals surface area contributed by atoms with Crippen LogP contribution in [0.4, 0.5) is 5.69 Å². The Morgan fingerprint density at radius 2 is 1.87 bits per heavy atom. The number of fused-ring (bicyclic) bond motifs is 1. The first kappa shape index (κ1) is 21.1. The van der Waals surface area contributed by atoms with Gasteiger partial charge in [-0.2, -0.15) is 0 Å². The number of hydrogen-bond acceptors (Lipinski definition) is 7. The topological polar surface area (TPSA) is 79.5 Å². The van der Waals surface area contributed by atoms with E-state index in [0.717, 1.165) is 32.5 Å². The third-order valence-electron chi connectivity index (χ3n) is 4.79. The number of aromatic nitrogens is 1. The average Bonchev–Trinajstić information content (AvgIpc) is 3.28. The standard InChI is InChI=1S/C23H20N2O4S2/c1-4-29-23(28)17(18(26)14-8-6-5-7-9-14)21-24-20(27)19(31-21)22-25(3)15-12-13(2)10-11-16(15)30-22/h5-12H,4H2,1-3H3,(H,24,27). The van der Waals surface area contributed by atoms with Crippen LogP contribution in [0.5, 0.6) is 0 Å². The van der Waals surface area contributed by atoms with Gasteiger partial charge < -0.3 is 14.6 Å². The molecule has 0 unspecified atom stereocenters. The number of benzene rings is 2. The number of anilines is 1. The zero-order chi connectivity index (χ0) is 22.1. The fourth-order valence-electron chi connectivity index (χ4n) is 3.27. The van der Waals surface area contributed by atoms with Crippen LogP contribution in [0.3, 0.4) is 0 Å². The van der Waals surface area contributed by atoms with Crippen molar-refractivity contribution in [2.75, 3.05) is 18.6 Å². The molecule has 3 aromatic rings. The number of rotatable bonds is 4. The SMILES string of the molecule is CCOC(=O)C(C(=O)c1ccccc1)=c1[nH]c(=O)c(=C2Sc3ccc(C)cc3N2C)s1. The first-order valence-electron chi connectivity index (χ1n) is 9.67. The lowest BCUT2D eigenvalue weighted by atomic mass is 10.0. The summed E-state index contributed by atoms with van der Waals surface area (Å²) in [6.45, 7) is 3.81. The van der Waals surface area contributed by atoms with E-state index >= 15 is 0 Å². The van der Waals surface area contributed by atoms with Gasteiger partial charge in [-0.15, -0.1) is 11.3 Å². The van der Waals surface area contributed by atoms with Gasteiger partial charge in [0.05, 0.1) is 12.3 Å². The number of aromatic amines is 1. The molecular formula is C23H20N2O4S2. The second-order valence-electron chi connectivity index (χ2n) is 6.94. The maximum atomic E-state index is 13.1. The average molecular weight is 453 g/mol. The van der Waals surface area contributed by atoms with E-state index in [-0.39, 0.29) is 22.4 Å². The van der Waals surface area contributed by atoms with Crippen LogP contribution in [0, 0.1) is 6.92 Å². The minimum absolute atomic E-state index is 0.123. The number of Topliss-reactive ketones (excluding diaryl/α,β-unsaturated/α-hetero) is 1. The van der Waals surface area contributed by atoms with Gasteiger partial charge in [0, 0.05) is 17.5 Å². The van der Waals surface area contributed by atoms with Crippen molar-refractivity contribution >= 4 is 51.1 Å². The number of ether oxygens (including phenoxy) is 1. The summed E-state index contributed by atoms with van der Waals surface area (Å²) in [5, 5.41) is 0.758. The molecule has 2 heterocycles. The molecule has 0 fully saturated rings. The normalized spacial score (nSPS) is 15.5. The lowest BCUT2D eigenvalue weighted by Gasteiger charge is -2.12. The van der Waals surface area contributed by atoms with E-state index < -0.39 is 11.8 Å². The Bertz CT molecular complexity index is 1360. The van der Waals surface area contributed by atoms with Gasteiger partial charge in [-0.05, 0) is 31.5 Å². The molecule has 4 rings (SSSR count). The van der Waals surface area contributed by atoms with E-state index in [2.05, 4.69) is 11.1 Å². The largest absolute Gasteiger partial charge is 0.462 e. The van der Waals surface area contributed by atoms with Gasteiger partial charge in [0.1, 0.15) is 19.8 Å². The molecule has 1 aromatic heterocycles. The molecule has 1 aliphatic rings. The summed E-state index contributed by atoms with van der Waals surface area (Å²) in [5.41, 5.74) is 1.98. The molecule has 6 nitrogen and oxygen atoms in total. The van der Waals surface area contributed by atoms with Crippen molar-refractivity contribution in [3.63, 3.8) is 0 Å². The molecule has 31 heavy (non-hydrogen) atoms. The summed E-state index contributed by atoms with van der Waals surface area (Å²) < 4.78 is 5.76. The summed E-state index contributed by atoms with van der Waals surface area (Å²) in [5.74, 6) is -1.24. The Balaban J connectivity index is 1.92. The molecule has 0 amide bonds. The Morgan fingerprint density at radius 1 is 1.13 bits per heavy atom. The number of hydrogen-bond donors (Lipinski definition) is 1. The highest BCUT2D eigenvalue weighted by molar-refractivity contribution is 8.08. The molecule has 8 heteroatoms. The molecule has 0 saturated carbocycles. The van der Waals surface area contributed by atoms with Crippen molar-refractivity contribution in [1.82, 2.24) is 4.98 Å². The van der Waals surface area contributed by atoms with Crippen LogP contribution < -0.4 is 19.7 Å². The van der Waals surface area contributed by atoms with E-state index in [4.69, 9.17) is 4.74 Å². The second-order valence-corrected chi connectivity index (χ2v) is 8.99. The Morgan fingerprint density at radius 3 is 2.58 bits per heavy atom. The lowest BCUT2D eigenvalue weighted by molar-refractivity contribution is -0.136. The molecule has 0 saturated heterocycles. The van der Waals surface area contributed by atoms with Crippen molar-refractivity contribution in [3.8, 4) is 0 Å². The smallest absolute Gasteiger partial charge is 0.345 e. The molecule has 1 aliphatic heterocycles. The zero-order valence-corrected chi connectivity index (χ0v) is 18.9. The number of thiazole rings is 1. The first-order valence-corrected chi connectivity index (χ1v) is 11.3. The van der Waals surface area contributed by atoms with E-state index in [1.807, 2.05) is 31.0 Å². The van der Waals surface area contributed by atoms with Crippen molar-refractivity contribution in [2.24, 2.45) is 0 Å². The first-order chi connectivity index (χ1) is 14.9. The minimum Gasteiger partial charge on any atom is -0.462 e. The van der Waals surface area contributed by atoms with Crippen molar-refractivity contribution in [3.05, 3.63) is 79.2 Å². The Kier molecular flexibility index (Phi) is 5.84. The van der Waals surface area contributed by atoms with E-state index in [0.29, 0.717) is 10.1 Å². The summed E-state index contributed by atoms with van der Waals surface area (Å²) in [6.07, 6.45) is 0. The summed E-state index contributed by atoms with van der Waals surface area (Å²) in [6, 6.07) is 14.6. The zero-order valence-electron chi connectivity index (χ0n) is 17.2. The molecule has 0 aliphatic carbocycles. The number of aryl methyl sites for hydroxylation is 1. The number of thioether (sulfide) groups is 1. The molecular weight excluding hydrogens is 432 g/mol. The van der Waals surface area contributed by atoms with Crippen molar-refractivity contribution < 1.29 is 14.3 Å². The number of ketones is 1. The number of nitrogens with zero attached hydrogens (tertiary/aromatic N) is 1. The summed E-state index contributed by atoms with van der Waals surface area (Å²) >= 11 is 2.59. The van der Waals surface area contributed by atoms with E-state index in [1.54, 1.807) is 37.3 Å². The summed E-state index contributed by atoms with van der Waals surface area (Å²) in [7, 11) is 1.90. The molecule has 0 radical (unpaired) electrons. The van der Waals surface area contributed by atoms with Gasteiger partial charge in [-0.25, -0.2) is 4.79 Å². The molecule has 1 N–H and O–H groups in total.